The monoisotopic (exact) mass is 600 g/mol. The summed E-state index contributed by atoms with van der Waals surface area (Å²) in [5.74, 6) is 0. The highest BCUT2D eigenvalue weighted by atomic mass is 32.2. The molecule has 3 aromatic carbocycles. The molecule has 5 aromatic rings. The van der Waals surface area contributed by atoms with E-state index in [2.05, 4.69) is 143 Å². The van der Waals surface area contributed by atoms with Gasteiger partial charge < -0.3 is 9.80 Å². The maximum absolute atomic E-state index is 4.91. The Morgan fingerprint density at radius 1 is 0.714 bits per heavy atom. The number of anilines is 5. The second-order valence-electron chi connectivity index (χ2n) is 9.93. The van der Waals surface area contributed by atoms with E-state index < -0.39 is 0 Å². The molecule has 2 aliphatic rings. The molecule has 42 heavy (non-hydrogen) atoms. The van der Waals surface area contributed by atoms with Crippen molar-refractivity contribution in [3.8, 4) is 0 Å². The van der Waals surface area contributed by atoms with E-state index in [-0.39, 0.29) is 6.04 Å². The summed E-state index contributed by atoms with van der Waals surface area (Å²) in [4.78, 5) is 6.95. The zero-order valence-corrected chi connectivity index (χ0v) is 25.4. The van der Waals surface area contributed by atoms with E-state index in [1.54, 1.807) is 22.7 Å². The number of para-hydroxylation sites is 3. The lowest BCUT2D eigenvalue weighted by Crippen LogP contribution is -2.32. The molecule has 1 aliphatic heterocycles. The van der Waals surface area contributed by atoms with Gasteiger partial charge in [-0.15, -0.1) is 22.7 Å². The third-order valence-electron chi connectivity index (χ3n) is 7.41. The first-order chi connectivity index (χ1) is 20.7. The van der Waals surface area contributed by atoms with Gasteiger partial charge in [0.25, 0.3) is 0 Å². The molecule has 1 N–H and O–H groups in total. The topological polar surface area (TPSA) is 30.9 Å². The van der Waals surface area contributed by atoms with Crippen LogP contribution in [0.3, 0.4) is 0 Å². The van der Waals surface area contributed by atoms with Gasteiger partial charge in [0.15, 0.2) is 0 Å². The average molecular weight is 601 g/mol. The number of allylic oxidation sites excluding steroid dienone is 3. The lowest BCUT2D eigenvalue weighted by molar-refractivity contribution is 1.03. The maximum Gasteiger partial charge on any atom is 0.101 e. The molecule has 0 saturated carbocycles. The van der Waals surface area contributed by atoms with Crippen LogP contribution < -0.4 is 14.5 Å². The maximum atomic E-state index is 4.91. The van der Waals surface area contributed by atoms with Crippen LogP contribution in [0.5, 0.6) is 0 Å². The lowest BCUT2D eigenvalue weighted by Gasteiger charge is -2.25. The largest absolute Gasteiger partial charge is 0.336 e. The summed E-state index contributed by atoms with van der Waals surface area (Å²) in [5.41, 5.74) is 7.94. The number of hydrogen-bond donors (Lipinski definition) is 1. The van der Waals surface area contributed by atoms with Crippen molar-refractivity contribution in [1.82, 2.24) is 4.72 Å². The van der Waals surface area contributed by atoms with E-state index >= 15 is 0 Å². The highest BCUT2D eigenvalue weighted by molar-refractivity contribution is 7.96. The predicted molar refractivity (Wildman–Crippen MR) is 185 cm³/mol. The molecule has 0 spiro atoms. The van der Waals surface area contributed by atoms with E-state index in [1.165, 1.54) is 38.1 Å². The zero-order chi connectivity index (χ0) is 28.5. The molecule has 0 amide bonds. The van der Waals surface area contributed by atoms with Gasteiger partial charge in [0.05, 0.1) is 28.9 Å². The molecular formula is C35H28N4S3. The van der Waals surface area contributed by atoms with Crippen molar-refractivity contribution in [2.24, 2.45) is 4.40 Å². The standard InChI is InChI=1S/C35H28N4S3/c1-3-24-23-28(29-19-21-31(40-29)38(2)25-13-7-4-8-14-25)34-35(37-42-36-34)33(24)30-20-22-32(41-30)39(26-15-9-5-10-16-26)27-17-11-6-12-18-27/h3-23,34,36H,1H2,2H3. The van der Waals surface area contributed by atoms with Gasteiger partial charge in [-0.2, -0.15) is 0 Å². The van der Waals surface area contributed by atoms with Crippen molar-refractivity contribution >= 4 is 78.7 Å². The highest BCUT2D eigenvalue weighted by Crippen LogP contribution is 2.46. The minimum Gasteiger partial charge on any atom is -0.336 e. The third-order valence-corrected chi connectivity index (χ3v) is 10.3. The summed E-state index contributed by atoms with van der Waals surface area (Å²) in [7, 11) is 2.12. The van der Waals surface area contributed by atoms with Crippen LogP contribution in [0.15, 0.2) is 144 Å². The van der Waals surface area contributed by atoms with Crippen molar-refractivity contribution in [3.63, 3.8) is 0 Å². The number of nitrogens with zero attached hydrogens (tertiary/aromatic N) is 3. The molecule has 1 atom stereocenters. The Morgan fingerprint density at radius 2 is 1.29 bits per heavy atom. The quantitative estimate of drug-likeness (QED) is 0.180. The molecular weight excluding hydrogens is 573 g/mol. The van der Waals surface area contributed by atoms with Crippen LogP contribution in [-0.4, -0.2) is 18.8 Å². The fraction of sp³-hybridized carbons (Fsp3) is 0.0571. The first-order valence-corrected chi connectivity index (χ1v) is 16.1. The minimum atomic E-state index is 0.00660. The van der Waals surface area contributed by atoms with Crippen LogP contribution in [0, 0.1) is 0 Å². The molecule has 0 bridgehead atoms. The molecule has 7 rings (SSSR count). The van der Waals surface area contributed by atoms with Gasteiger partial charge in [-0.05, 0) is 77.9 Å². The minimum absolute atomic E-state index is 0.00660. The first-order valence-electron chi connectivity index (χ1n) is 13.7. The van der Waals surface area contributed by atoms with E-state index in [0.29, 0.717) is 0 Å². The molecule has 3 heterocycles. The van der Waals surface area contributed by atoms with Gasteiger partial charge in [-0.1, -0.05) is 67.3 Å². The van der Waals surface area contributed by atoms with E-state index in [1.807, 2.05) is 12.1 Å². The van der Waals surface area contributed by atoms with Crippen LogP contribution in [0.4, 0.5) is 27.1 Å². The summed E-state index contributed by atoms with van der Waals surface area (Å²) >= 11 is 5.00. The summed E-state index contributed by atoms with van der Waals surface area (Å²) in [5, 5.41) is 2.34. The Labute approximate surface area is 259 Å². The lowest BCUT2D eigenvalue weighted by atomic mass is 9.85. The average Bonchev–Trinajstić information content (AvgIpc) is 3.84. The summed E-state index contributed by atoms with van der Waals surface area (Å²) < 4.78 is 8.48. The molecule has 4 nitrogen and oxygen atoms in total. The Hall–Kier alpha value is -4.14. The zero-order valence-electron chi connectivity index (χ0n) is 23.0. The highest BCUT2D eigenvalue weighted by Gasteiger charge is 2.35. The van der Waals surface area contributed by atoms with Gasteiger partial charge >= 0.3 is 0 Å². The Morgan fingerprint density at radius 3 is 1.93 bits per heavy atom. The normalized spacial score (nSPS) is 16.1. The van der Waals surface area contributed by atoms with Crippen molar-refractivity contribution in [2.75, 3.05) is 16.8 Å². The smallest absolute Gasteiger partial charge is 0.101 e. The summed E-state index contributed by atoms with van der Waals surface area (Å²) in [6.45, 7) is 4.22. The summed E-state index contributed by atoms with van der Waals surface area (Å²) in [6, 6.07) is 40.4. The van der Waals surface area contributed by atoms with Crippen molar-refractivity contribution in [2.45, 2.75) is 6.04 Å². The SMILES string of the molecule is C=CC1=C(c2ccc(N(c3ccccc3)c3ccccc3)s2)C2=NSNC2C(c2ccc(N(C)c3ccccc3)s2)=C1. The van der Waals surface area contributed by atoms with Crippen LogP contribution in [0.2, 0.25) is 0 Å². The molecule has 1 unspecified atom stereocenters. The van der Waals surface area contributed by atoms with Crippen LogP contribution in [0.25, 0.3) is 11.1 Å². The first kappa shape index (κ1) is 26.7. The molecule has 0 saturated heterocycles. The molecule has 1 aliphatic carbocycles. The number of rotatable bonds is 8. The summed E-state index contributed by atoms with van der Waals surface area (Å²) in [6.07, 6.45) is 4.25. The van der Waals surface area contributed by atoms with Crippen LogP contribution >= 0.6 is 34.8 Å². The van der Waals surface area contributed by atoms with Gasteiger partial charge in [0.1, 0.15) is 5.00 Å². The molecule has 2 aromatic heterocycles. The Balaban J connectivity index is 1.27. The Kier molecular flexibility index (Phi) is 7.40. The molecule has 0 fully saturated rings. The number of thiophene rings is 2. The van der Waals surface area contributed by atoms with Crippen molar-refractivity contribution < 1.29 is 0 Å². The van der Waals surface area contributed by atoms with Crippen molar-refractivity contribution in [3.05, 3.63) is 149 Å². The second-order valence-corrected chi connectivity index (χ2v) is 12.7. The van der Waals surface area contributed by atoms with Gasteiger partial charge in [-0.3, -0.25) is 0 Å². The van der Waals surface area contributed by atoms with E-state index in [0.717, 1.165) is 33.2 Å². The number of hydrogen-bond acceptors (Lipinski definition) is 7. The van der Waals surface area contributed by atoms with Gasteiger partial charge in [0, 0.05) is 39.4 Å². The van der Waals surface area contributed by atoms with E-state index in [4.69, 9.17) is 4.40 Å². The Bertz CT molecular complexity index is 1780. The van der Waals surface area contributed by atoms with Crippen LogP contribution in [0.1, 0.15) is 9.75 Å². The molecule has 0 radical (unpaired) electrons. The number of benzene rings is 3. The second kappa shape index (κ2) is 11.6. The fourth-order valence-corrected chi connectivity index (χ4v) is 8.18. The van der Waals surface area contributed by atoms with E-state index in [9.17, 15) is 0 Å². The predicted octanol–water partition coefficient (Wildman–Crippen LogP) is 10.1. The van der Waals surface area contributed by atoms with Crippen LogP contribution in [-0.2, 0) is 0 Å². The van der Waals surface area contributed by atoms with Gasteiger partial charge in [-0.25, -0.2) is 9.12 Å². The number of fused-ring (bicyclic) bond motifs is 1. The van der Waals surface area contributed by atoms with Crippen molar-refractivity contribution in [1.29, 1.82) is 0 Å². The number of nitrogens with one attached hydrogen (secondary N) is 1. The fourth-order valence-electron chi connectivity index (χ4n) is 5.33. The molecule has 7 heteroatoms. The molecule has 206 valence electrons. The van der Waals surface area contributed by atoms with Gasteiger partial charge in [0.2, 0.25) is 0 Å². The third kappa shape index (κ3) is 4.95.